The first-order valence-corrected chi connectivity index (χ1v) is 7.21. The van der Waals surface area contributed by atoms with Crippen molar-refractivity contribution < 1.29 is 21.6 Å². The highest BCUT2D eigenvalue weighted by Gasteiger charge is 2.29. The van der Waals surface area contributed by atoms with Gasteiger partial charge in [-0.25, -0.2) is 13.1 Å². The van der Waals surface area contributed by atoms with Gasteiger partial charge in [-0.05, 0) is 17.7 Å². The Morgan fingerprint density at radius 1 is 1.18 bits per heavy atom. The lowest BCUT2D eigenvalue weighted by atomic mass is 10.1. The first-order valence-electron chi connectivity index (χ1n) is 4.44. The predicted octanol–water partition coefficient (Wildman–Crippen LogP) is 2.48. The Morgan fingerprint density at radius 3 is 2.12 bits per heavy atom. The van der Waals surface area contributed by atoms with E-state index >= 15 is 0 Å². The summed E-state index contributed by atoms with van der Waals surface area (Å²) in [5, 5.41) is 0. The van der Waals surface area contributed by atoms with Gasteiger partial charge >= 0.3 is 6.18 Å². The summed E-state index contributed by atoms with van der Waals surface area (Å²) in [6.07, 6.45) is -4.38. The van der Waals surface area contributed by atoms with E-state index in [0.29, 0.717) is 5.56 Å². The molecule has 1 rings (SSSR count). The molecule has 0 radical (unpaired) electrons. The molecule has 8 heteroatoms. The largest absolute Gasteiger partial charge is 0.416 e. The van der Waals surface area contributed by atoms with Crippen LogP contribution in [-0.4, -0.2) is 13.1 Å². The highest BCUT2D eigenvalue weighted by Crippen LogP contribution is 2.29. The van der Waals surface area contributed by atoms with Crippen LogP contribution in [0.4, 0.5) is 13.2 Å². The van der Waals surface area contributed by atoms with Gasteiger partial charge in [0.05, 0.1) is 5.56 Å². The first kappa shape index (κ1) is 14.5. The molecule has 0 aliphatic carbocycles. The van der Waals surface area contributed by atoms with Crippen LogP contribution in [0.25, 0.3) is 0 Å². The normalized spacial score (nSPS) is 12.7. The molecule has 0 amide bonds. The second kappa shape index (κ2) is 5.36. The van der Waals surface area contributed by atoms with Gasteiger partial charge in [0.15, 0.2) is 0 Å². The standard InChI is InChI=1S/C9H9BrF3NO2S/c10-6-17(15,16)14-5-7-1-3-8(4-2-7)9(11,12)13/h1-4,14H,5-6H2. The molecule has 1 N–H and O–H groups in total. The molecule has 0 aliphatic heterocycles. The van der Waals surface area contributed by atoms with Gasteiger partial charge in [0.25, 0.3) is 0 Å². The molecule has 0 saturated heterocycles. The average Bonchev–Trinajstić information content (AvgIpc) is 2.26. The smallest absolute Gasteiger partial charge is 0.212 e. The van der Waals surface area contributed by atoms with E-state index in [9.17, 15) is 21.6 Å². The van der Waals surface area contributed by atoms with Gasteiger partial charge in [-0.3, -0.25) is 0 Å². The molecule has 0 saturated carbocycles. The van der Waals surface area contributed by atoms with Crippen molar-refractivity contribution >= 4 is 26.0 Å². The molecule has 0 spiro atoms. The van der Waals surface area contributed by atoms with Crippen LogP contribution in [0.2, 0.25) is 0 Å². The number of rotatable bonds is 4. The number of alkyl halides is 4. The fourth-order valence-electron chi connectivity index (χ4n) is 1.04. The van der Waals surface area contributed by atoms with E-state index in [1.54, 1.807) is 0 Å². The third-order valence-electron chi connectivity index (χ3n) is 1.92. The first-order chi connectivity index (χ1) is 7.74. The Labute approximate surface area is 105 Å². The van der Waals surface area contributed by atoms with E-state index in [1.165, 1.54) is 12.1 Å². The Balaban J connectivity index is 2.70. The zero-order chi connectivity index (χ0) is 13.1. The minimum Gasteiger partial charge on any atom is -0.212 e. The number of nitrogens with one attached hydrogen (secondary N) is 1. The number of sulfonamides is 1. The summed E-state index contributed by atoms with van der Waals surface area (Å²) in [6.45, 7) is -0.0356. The zero-order valence-electron chi connectivity index (χ0n) is 8.46. The summed E-state index contributed by atoms with van der Waals surface area (Å²) in [7, 11) is -3.41. The van der Waals surface area contributed by atoms with E-state index in [4.69, 9.17) is 0 Å². The topological polar surface area (TPSA) is 46.2 Å². The minimum atomic E-state index is -4.38. The van der Waals surface area contributed by atoms with Gasteiger partial charge in [-0.1, -0.05) is 28.1 Å². The number of hydrogen-bond acceptors (Lipinski definition) is 2. The SMILES string of the molecule is O=S(=O)(CBr)NCc1ccc(C(F)(F)F)cc1. The third kappa shape index (κ3) is 4.64. The fraction of sp³-hybridized carbons (Fsp3) is 0.333. The number of halogens is 4. The Morgan fingerprint density at radius 2 is 1.71 bits per heavy atom. The van der Waals surface area contributed by atoms with Crippen LogP contribution in [0.3, 0.4) is 0 Å². The molecule has 0 aromatic heterocycles. The molecule has 3 nitrogen and oxygen atoms in total. The lowest BCUT2D eigenvalue weighted by Gasteiger charge is -2.08. The third-order valence-corrected chi connectivity index (χ3v) is 4.60. The van der Waals surface area contributed by atoms with Crippen LogP contribution in [0.5, 0.6) is 0 Å². The van der Waals surface area contributed by atoms with Crippen molar-refractivity contribution in [3.63, 3.8) is 0 Å². The van der Waals surface area contributed by atoms with Gasteiger partial charge in [0, 0.05) is 6.54 Å². The Bertz CT molecular complexity index is 470. The van der Waals surface area contributed by atoms with Crippen molar-refractivity contribution in [2.24, 2.45) is 0 Å². The van der Waals surface area contributed by atoms with Crippen molar-refractivity contribution in [1.82, 2.24) is 4.72 Å². The van der Waals surface area contributed by atoms with Gasteiger partial charge in [-0.2, -0.15) is 13.2 Å². The van der Waals surface area contributed by atoms with Crippen molar-refractivity contribution in [1.29, 1.82) is 0 Å². The Hall–Kier alpha value is -0.600. The summed E-state index contributed by atoms with van der Waals surface area (Å²) in [6, 6.07) is 4.30. The quantitative estimate of drug-likeness (QED) is 0.861. The molecular weight excluding hydrogens is 323 g/mol. The maximum Gasteiger partial charge on any atom is 0.416 e. The molecular formula is C9H9BrF3NO2S. The molecule has 17 heavy (non-hydrogen) atoms. The van der Waals surface area contributed by atoms with Crippen LogP contribution >= 0.6 is 15.9 Å². The van der Waals surface area contributed by atoms with Crippen LogP contribution in [-0.2, 0) is 22.7 Å². The molecule has 96 valence electrons. The molecule has 0 bridgehead atoms. The van der Waals surface area contributed by atoms with Gasteiger partial charge in [0.1, 0.15) is 4.66 Å². The summed E-state index contributed by atoms with van der Waals surface area (Å²) in [4.78, 5) is 0. The molecule has 0 fully saturated rings. The lowest BCUT2D eigenvalue weighted by Crippen LogP contribution is -2.23. The number of benzene rings is 1. The predicted molar refractivity (Wildman–Crippen MR) is 61.0 cm³/mol. The molecule has 1 aromatic rings. The van der Waals surface area contributed by atoms with Crippen molar-refractivity contribution in [3.05, 3.63) is 35.4 Å². The highest BCUT2D eigenvalue weighted by atomic mass is 79.9. The zero-order valence-corrected chi connectivity index (χ0v) is 10.9. The maximum absolute atomic E-state index is 12.2. The van der Waals surface area contributed by atoms with Gasteiger partial charge in [-0.15, -0.1) is 0 Å². The monoisotopic (exact) mass is 331 g/mol. The second-order valence-electron chi connectivity index (χ2n) is 3.24. The molecule has 0 heterocycles. The van der Waals surface area contributed by atoms with E-state index in [1.807, 2.05) is 0 Å². The fourth-order valence-corrected chi connectivity index (χ4v) is 1.99. The molecule has 1 aromatic carbocycles. The summed E-state index contributed by atoms with van der Waals surface area (Å²) >= 11 is 2.78. The van der Waals surface area contributed by atoms with Crippen LogP contribution < -0.4 is 4.72 Å². The average molecular weight is 332 g/mol. The Kier molecular flexibility index (Phi) is 4.56. The maximum atomic E-state index is 12.2. The minimum absolute atomic E-state index is 0.0356. The summed E-state index contributed by atoms with van der Waals surface area (Å²) < 4.78 is 60.8. The van der Waals surface area contributed by atoms with E-state index in [0.717, 1.165) is 12.1 Å². The summed E-state index contributed by atoms with van der Waals surface area (Å²) in [5.74, 6) is 0. The molecule has 0 unspecified atom stereocenters. The van der Waals surface area contributed by atoms with Gasteiger partial charge < -0.3 is 0 Å². The van der Waals surface area contributed by atoms with Crippen LogP contribution in [0.15, 0.2) is 24.3 Å². The van der Waals surface area contributed by atoms with Crippen LogP contribution in [0, 0.1) is 0 Å². The van der Waals surface area contributed by atoms with E-state index < -0.39 is 21.8 Å². The highest BCUT2D eigenvalue weighted by molar-refractivity contribution is 9.10. The summed E-state index contributed by atoms with van der Waals surface area (Å²) in [5.41, 5.74) is -0.299. The number of hydrogen-bond donors (Lipinski definition) is 1. The van der Waals surface area contributed by atoms with Crippen molar-refractivity contribution in [3.8, 4) is 0 Å². The van der Waals surface area contributed by atoms with E-state index in [2.05, 4.69) is 20.7 Å². The molecule has 0 aliphatic rings. The van der Waals surface area contributed by atoms with E-state index in [-0.39, 0.29) is 11.2 Å². The molecule has 0 atom stereocenters. The van der Waals surface area contributed by atoms with Gasteiger partial charge in [0.2, 0.25) is 10.0 Å². The lowest BCUT2D eigenvalue weighted by molar-refractivity contribution is -0.137. The van der Waals surface area contributed by atoms with Crippen LogP contribution in [0.1, 0.15) is 11.1 Å². The second-order valence-corrected chi connectivity index (χ2v) is 6.35. The van der Waals surface area contributed by atoms with Crippen molar-refractivity contribution in [2.45, 2.75) is 12.7 Å². The van der Waals surface area contributed by atoms with Crippen molar-refractivity contribution in [2.75, 3.05) is 4.66 Å².